The van der Waals surface area contributed by atoms with Gasteiger partial charge in [0.1, 0.15) is 22.2 Å². The lowest BCUT2D eigenvalue weighted by Gasteiger charge is -2.12. The van der Waals surface area contributed by atoms with E-state index in [9.17, 15) is 12.8 Å². The third-order valence-corrected chi connectivity index (χ3v) is 5.90. The zero-order valence-electron chi connectivity index (χ0n) is 14.0. The molecule has 0 amide bonds. The van der Waals surface area contributed by atoms with Crippen LogP contribution in [0, 0.1) is 5.82 Å². The van der Waals surface area contributed by atoms with Gasteiger partial charge in [-0.2, -0.15) is 11.8 Å². The summed E-state index contributed by atoms with van der Waals surface area (Å²) in [7, 11) is -0.860. The Balaban J connectivity index is 1.92. The second-order valence-corrected chi connectivity index (χ2v) is 7.90. The smallest absolute Gasteiger partial charge is 0.244 e. The van der Waals surface area contributed by atoms with Crippen molar-refractivity contribution in [2.45, 2.75) is 10.6 Å². The van der Waals surface area contributed by atoms with E-state index in [1.807, 2.05) is 0 Å². The number of hydrogen-bond donors (Lipinski definition) is 1. The summed E-state index contributed by atoms with van der Waals surface area (Å²) in [5.41, 5.74) is 0.602. The second kappa shape index (κ2) is 9.07. The van der Waals surface area contributed by atoms with Crippen LogP contribution in [0.3, 0.4) is 0 Å². The number of rotatable bonds is 9. The molecule has 8 heteroatoms. The van der Waals surface area contributed by atoms with Crippen molar-refractivity contribution in [2.75, 3.05) is 26.5 Å². The topological polar surface area (TPSA) is 64.6 Å². The van der Waals surface area contributed by atoms with E-state index in [1.165, 1.54) is 38.1 Å². The van der Waals surface area contributed by atoms with Crippen molar-refractivity contribution in [1.29, 1.82) is 0 Å². The Hall–Kier alpha value is -1.77. The number of hydrogen-bond acceptors (Lipinski definition) is 5. The number of thioether (sulfide) groups is 1. The molecule has 0 spiro atoms. The summed E-state index contributed by atoms with van der Waals surface area (Å²) in [6.45, 7) is 0.224. The highest BCUT2D eigenvalue weighted by Gasteiger charge is 2.20. The van der Waals surface area contributed by atoms with Crippen LogP contribution in [0.15, 0.2) is 47.4 Å². The van der Waals surface area contributed by atoms with Crippen molar-refractivity contribution in [2.24, 2.45) is 0 Å². The Morgan fingerprint density at radius 3 is 2.56 bits per heavy atom. The van der Waals surface area contributed by atoms with E-state index < -0.39 is 10.0 Å². The quantitative estimate of drug-likeness (QED) is 0.672. The lowest BCUT2D eigenvalue weighted by Crippen LogP contribution is -2.26. The summed E-state index contributed by atoms with van der Waals surface area (Å²) in [6, 6.07) is 11.1. The highest BCUT2D eigenvalue weighted by molar-refractivity contribution is 7.98. The SMILES string of the molecule is COc1ccc(OC)c(S(=O)(=O)NCCSCc2ccccc2F)c1. The Morgan fingerprint density at radius 1 is 1.12 bits per heavy atom. The van der Waals surface area contributed by atoms with E-state index >= 15 is 0 Å². The molecule has 0 aliphatic carbocycles. The van der Waals surface area contributed by atoms with Crippen molar-refractivity contribution in [3.63, 3.8) is 0 Å². The number of ether oxygens (including phenoxy) is 2. The second-order valence-electron chi connectivity index (χ2n) is 5.06. The van der Waals surface area contributed by atoms with Crippen LogP contribution in [0.5, 0.6) is 11.5 Å². The van der Waals surface area contributed by atoms with Gasteiger partial charge in [0, 0.05) is 24.1 Å². The molecule has 2 aromatic carbocycles. The van der Waals surface area contributed by atoms with E-state index in [-0.39, 0.29) is 23.0 Å². The fraction of sp³-hybridized carbons (Fsp3) is 0.294. The maximum atomic E-state index is 13.5. The van der Waals surface area contributed by atoms with E-state index in [4.69, 9.17) is 9.47 Å². The monoisotopic (exact) mass is 385 g/mol. The van der Waals surface area contributed by atoms with Crippen LogP contribution in [-0.4, -0.2) is 34.9 Å². The van der Waals surface area contributed by atoms with Gasteiger partial charge in [-0.25, -0.2) is 17.5 Å². The first kappa shape index (κ1) is 19.6. The van der Waals surface area contributed by atoms with Gasteiger partial charge in [0.15, 0.2) is 0 Å². The number of sulfonamides is 1. The van der Waals surface area contributed by atoms with Crippen LogP contribution in [0.2, 0.25) is 0 Å². The van der Waals surface area contributed by atoms with Crippen LogP contribution < -0.4 is 14.2 Å². The van der Waals surface area contributed by atoms with Crippen molar-refractivity contribution < 1.29 is 22.3 Å². The molecule has 0 heterocycles. The van der Waals surface area contributed by atoms with Crippen LogP contribution in [0.1, 0.15) is 5.56 Å². The molecule has 136 valence electrons. The van der Waals surface area contributed by atoms with E-state index in [0.29, 0.717) is 22.8 Å². The summed E-state index contributed by atoms with van der Waals surface area (Å²) in [5.74, 6) is 1.41. The molecule has 2 rings (SSSR count). The molecule has 0 aliphatic rings. The minimum Gasteiger partial charge on any atom is -0.497 e. The maximum Gasteiger partial charge on any atom is 0.244 e. The number of benzene rings is 2. The molecule has 0 radical (unpaired) electrons. The van der Waals surface area contributed by atoms with Gasteiger partial charge in [-0.15, -0.1) is 0 Å². The molecule has 0 bridgehead atoms. The molecule has 0 saturated heterocycles. The lowest BCUT2D eigenvalue weighted by molar-refractivity contribution is 0.392. The first-order valence-electron chi connectivity index (χ1n) is 7.51. The average molecular weight is 385 g/mol. The normalized spacial score (nSPS) is 11.3. The summed E-state index contributed by atoms with van der Waals surface area (Å²) >= 11 is 1.45. The highest BCUT2D eigenvalue weighted by Crippen LogP contribution is 2.28. The minimum absolute atomic E-state index is 0.0217. The molecule has 0 atom stereocenters. The van der Waals surface area contributed by atoms with Crippen LogP contribution >= 0.6 is 11.8 Å². The number of nitrogens with one attached hydrogen (secondary N) is 1. The Morgan fingerprint density at radius 2 is 1.88 bits per heavy atom. The van der Waals surface area contributed by atoms with Gasteiger partial charge < -0.3 is 9.47 Å². The predicted octanol–water partition coefficient (Wildman–Crippen LogP) is 3.05. The van der Waals surface area contributed by atoms with Crippen molar-refractivity contribution >= 4 is 21.8 Å². The predicted molar refractivity (Wildman–Crippen MR) is 97.3 cm³/mol. The van der Waals surface area contributed by atoms with Crippen LogP contribution in [0.25, 0.3) is 0 Å². The van der Waals surface area contributed by atoms with Gasteiger partial charge in [0.25, 0.3) is 0 Å². The summed E-state index contributed by atoms with van der Waals surface area (Å²) in [6.07, 6.45) is 0. The fourth-order valence-electron chi connectivity index (χ4n) is 2.12. The number of halogens is 1. The van der Waals surface area contributed by atoms with Crippen LogP contribution in [0.4, 0.5) is 4.39 Å². The molecule has 1 N–H and O–H groups in total. The van der Waals surface area contributed by atoms with Crippen LogP contribution in [-0.2, 0) is 15.8 Å². The molecule has 25 heavy (non-hydrogen) atoms. The molecule has 0 aromatic heterocycles. The zero-order chi connectivity index (χ0) is 18.3. The fourth-order valence-corrected chi connectivity index (χ4v) is 4.31. The summed E-state index contributed by atoms with van der Waals surface area (Å²) < 4.78 is 51.1. The van der Waals surface area contributed by atoms with Crippen molar-refractivity contribution in [3.05, 3.63) is 53.8 Å². The highest BCUT2D eigenvalue weighted by atomic mass is 32.2. The van der Waals surface area contributed by atoms with Gasteiger partial charge in [0.2, 0.25) is 10.0 Å². The molecule has 0 unspecified atom stereocenters. The molecule has 0 aliphatic heterocycles. The lowest BCUT2D eigenvalue weighted by atomic mass is 10.2. The van der Waals surface area contributed by atoms with Crippen molar-refractivity contribution in [3.8, 4) is 11.5 Å². The van der Waals surface area contributed by atoms with Gasteiger partial charge >= 0.3 is 0 Å². The Kier molecular flexibility index (Phi) is 7.10. The first-order valence-corrected chi connectivity index (χ1v) is 10.1. The number of methoxy groups -OCH3 is 2. The molecule has 0 saturated carbocycles. The van der Waals surface area contributed by atoms with E-state index in [1.54, 1.807) is 30.3 Å². The van der Waals surface area contributed by atoms with Gasteiger partial charge in [0.05, 0.1) is 14.2 Å². The third-order valence-electron chi connectivity index (χ3n) is 3.41. The first-order chi connectivity index (χ1) is 12.0. The van der Waals surface area contributed by atoms with Crippen molar-refractivity contribution in [1.82, 2.24) is 4.72 Å². The molecular weight excluding hydrogens is 365 g/mol. The van der Waals surface area contributed by atoms with E-state index in [0.717, 1.165) is 0 Å². The van der Waals surface area contributed by atoms with Gasteiger partial charge in [-0.1, -0.05) is 18.2 Å². The average Bonchev–Trinajstić information content (AvgIpc) is 2.62. The Bertz CT molecular complexity index is 812. The van der Waals surface area contributed by atoms with E-state index in [2.05, 4.69) is 4.72 Å². The minimum atomic E-state index is -3.73. The molecule has 2 aromatic rings. The maximum absolute atomic E-state index is 13.5. The third kappa shape index (κ3) is 5.35. The van der Waals surface area contributed by atoms with Gasteiger partial charge in [-0.05, 0) is 23.8 Å². The zero-order valence-corrected chi connectivity index (χ0v) is 15.6. The largest absolute Gasteiger partial charge is 0.497 e. The standard InChI is InChI=1S/C17H20FNO4S2/c1-22-14-7-8-16(23-2)17(11-14)25(20,21)19-9-10-24-12-13-5-3-4-6-15(13)18/h3-8,11,19H,9-10,12H2,1-2H3. The summed E-state index contributed by atoms with van der Waals surface area (Å²) in [4.78, 5) is 0.0217. The Labute approximate surface area is 151 Å². The molecular formula is C17H20FNO4S2. The van der Waals surface area contributed by atoms with Gasteiger partial charge in [-0.3, -0.25) is 0 Å². The molecule has 5 nitrogen and oxygen atoms in total. The molecule has 0 fully saturated rings. The summed E-state index contributed by atoms with van der Waals surface area (Å²) in [5, 5.41) is 0.